The van der Waals surface area contributed by atoms with Crippen LogP contribution in [0.4, 0.5) is 0 Å². The summed E-state index contributed by atoms with van der Waals surface area (Å²) < 4.78 is 33.2. The van der Waals surface area contributed by atoms with E-state index in [4.69, 9.17) is 4.74 Å². The molecule has 0 spiro atoms. The fourth-order valence-electron chi connectivity index (χ4n) is 3.92. The van der Waals surface area contributed by atoms with Crippen LogP contribution in [0.15, 0.2) is 47.4 Å². The Hall–Kier alpha value is -3.57. The average Bonchev–Trinajstić information content (AvgIpc) is 3.30. The van der Waals surface area contributed by atoms with Gasteiger partial charge in [0, 0.05) is 20.6 Å². The first-order chi connectivity index (χ1) is 16.1. The molecule has 1 atom stereocenters. The van der Waals surface area contributed by atoms with Crippen molar-refractivity contribution in [3.63, 3.8) is 0 Å². The lowest BCUT2D eigenvalue weighted by Crippen LogP contribution is -2.43. The third kappa shape index (κ3) is 3.76. The first-order valence-electron chi connectivity index (χ1n) is 10.6. The monoisotopic (exact) mass is 484 g/mol. The smallest absolute Gasteiger partial charge is 0.329 e. The Morgan fingerprint density at radius 1 is 1.09 bits per heavy atom. The lowest BCUT2D eigenvalue weighted by Gasteiger charge is -2.20. The molecule has 4 rings (SSSR count). The van der Waals surface area contributed by atoms with E-state index in [9.17, 15) is 22.8 Å². The zero-order valence-corrected chi connectivity index (χ0v) is 20.0. The summed E-state index contributed by atoms with van der Waals surface area (Å²) >= 11 is 0. The van der Waals surface area contributed by atoms with Crippen LogP contribution in [0.1, 0.15) is 40.4 Å². The Balaban J connectivity index is 1.54. The minimum absolute atomic E-state index is 0.105. The van der Waals surface area contributed by atoms with Crippen molar-refractivity contribution in [2.75, 3.05) is 14.1 Å². The van der Waals surface area contributed by atoms with Gasteiger partial charge in [0.1, 0.15) is 18.5 Å². The van der Waals surface area contributed by atoms with Crippen molar-refractivity contribution in [3.05, 3.63) is 59.4 Å². The topological polar surface area (TPSA) is 119 Å². The molecule has 0 bridgehead atoms. The van der Waals surface area contributed by atoms with Crippen LogP contribution in [0.25, 0.3) is 11.0 Å². The molecule has 178 valence electrons. The molecule has 0 unspecified atom stereocenters. The number of carbonyl (C=O) groups excluding carboxylic acids is 3. The molecule has 0 saturated carbocycles. The van der Waals surface area contributed by atoms with Crippen molar-refractivity contribution in [1.29, 1.82) is 0 Å². The van der Waals surface area contributed by atoms with Crippen LogP contribution < -0.4 is 0 Å². The molecule has 3 aromatic rings. The van der Waals surface area contributed by atoms with Gasteiger partial charge >= 0.3 is 5.97 Å². The zero-order valence-electron chi connectivity index (χ0n) is 19.2. The van der Waals surface area contributed by atoms with Crippen LogP contribution in [0, 0.1) is 0 Å². The van der Waals surface area contributed by atoms with Crippen LogP contribution in [0.3, 0.4) is 0 Å². The van der Waals surface area contributed by atoms with Crippen LogP contribution in [-0.4, -0.2) is 65.1 Å². The number of esters is 1. The summed E-state index contributed by atoms with van der Waals surface area (Å²) in [5.74, 6) is -1.42. The summed E-state index contributed by atoms with van der Waals surface area (Å²) in [7, 11) is -0.731. The molecule has 0 N–H and O–H groups in total. The van der Waals surface area contributed by atoms with Gasteiger partial charge in [0.25, 0.3) is 11.8 Å². The molecule has 2 amide bonds. The number of ether oxygens (including phenoxy) is 1. The van der Waals surface area contributed by atoms with Crippen molar-refractivity contribution in [2.24, 2.45) is 0 Å². The largest absolute Gasteiger partial charge is 0.456 e. The average molecular weight is 485 g/mol. The van der Waals surface area contributed by atoms with E-state index < -0.39 is 33.8 Å². The van der Waals surface area contributed by atoms with Gasteiger partial charge in [0.15, 0.2) is 0 Å². The summed E-state index contributed by atoms with van der Waals surface area (Å²) in [6, 6.07) is 9.92. The van der Waals surface area contributed by atoms with E-state index in [1.807, 2.05) is 6.92 Å². The molecule has 1 aliphatic rings. The molecule has 0 radical (unpaired) electrons. The molecule has 0 fully saturated rings. The van der Waals surface area contributed by atoms with Gasteiger partial charge in [-0.05, 0) is 44.2 Å². The number of aryl methyl sites for hydroxylation is 1. The Bertz CT molecular complexity index is 1390. The number of imidazole rings is 1. The van der Waals surface area contributed by atoms with Crippen LogP contribution in [0.2, 0.25) is 0 Å². The number of rotatable bonds is 7. The van der Waals surface area contributed by atoms with Crippen molar-refractivity contribution >= 4 is 38.8 Å². The predicted octanol–water partition coefficient (Wildman–Crippen LogP) is 2.03. The van der Waals surface area contributed by atoms with Crippen molar-refractivity contribution in [2.45, 2.75) is 37.9 Å². The van der Waals surface area contributed by atoms with Gasteiger partial charge in [-0.3, -0.25) is 14.5 Å². The fraction of sp³-hybridized carbons (Fsp3) is 0.304. The van der Waals surface area contributed by atoms with E-state index in [1.165, 1.54) is 33.2 Å². The quantitative estimate of drug-likeness (QED) is 0.372. The highest BCUT2D eigenvalue weighted by atomic mass is 32.2. The highest BCUT2D eigenvalue weighted by molar-refractivity contribution is 7.89. The number of imide groups is 1. The SMILES string of the molecule is CCn1c(COC(=O)[C@H](C)N2C(=O)c3ccccc3C2=O)nc2cc(S(=O)(=O)N(C)C)ccc21. The van der Waals surface area contributed by atoms with E-state index in [-0.39, 0.29) is 22.6 Å². The summed E-state index contributed by atoms with van der Waals surface area (Å²) in [6.45, 7) is 3.63. The van der Waals surface area contributed by atoms with Gasteiger partial charge in [0.2, 0.25) is 10.0 Å². The molecule has 1 aliphatic heterocycles. The number of benzene rings is 2. The van der Waals surface area contributed by atoms with E-state index in [0.717, 1.165) is 9.21 Å². The fourth-order valence-corrected chi connectivity index (χ4v) is 4.84. The van der Waals surface area contributed by atoms with Gasteiger partial charge in [-0.15, -0.1) is 0 Å². The number of hydrogen-bond donors (Lipinski definition) is 0. The first-order valence-corrected chi connectivity index (χ1v) is 12.1. The van der Waals surface area contributed by atoms with Gasteiger partial charge in [-0.1, -0.05) is 12.1 Å². The summed E-state index contributed by atoms with van der Waals surface area (Å²) in [5, 5.41) is 0. The number of amides is 2. The number of carbonyl (C=O) groups is 3. The van der Waals surface area contributed by atoms with Crippen molar-refractivity contribution in [1.82, 2.24) is 18.8 Å². The Morgan fingerprint density at radius 3 is 2.26 bits per heavy atom. The Kier molecular flexibility index (Phi) is 6.00. The Labute approximate surface area is 196 Å². The van der Waals surface area contributed by atoms with Crippen molar-refractivity contribution in [3.8, 4) is 0 Å². The third-order valence-corrected chi connectivity index (χ3v) is 7.60. The van der Waals surface area contributed by atoms with Crippen LogP contribution in [-0.2, 0) is 32.7 Å². The third-order valence-electron chi connectivity index (χ3n) is 5.79. The zero-order chi connectivity index (χ0) is 24.8. The number of hydrogen-bond acceptors (Lipinski definition) is 7. The van der Waals surface area contributed by atoms with Gasteiger partial charge in [0.05, 0.1) is 27.1 Å². The normalized spacial score (nSPS) is 14.7. The second-order valence-electron chi connectivity index (χ2n) is 8.02. The lowest BCUT2D eigenvalue weighted by molar-refractivity contribution is -0.149. The molecule has 1 aromatic heterocycles. The predicted molar refractivity (Wildman–Crippen MR) is 122 cm³/mol. The van der Waals surface area contributed by atoms with E-state index in [2.05, 4.69) is 4.98 Å². The van der Waals surface area contributed by atoms with Crippen molar-refractivity contribution < 1.29 is 27.5 Å². The molecule has 34 heavy (non-hydrogen) atoms. The standard InChI is InChI=1S/C23H24N4O6S/c1-5-26-19-11-10-15(34(31,32)25(3)4)12-18(19)24-20(26)13-33-23(30)14(2)27-21(28)16-8-6-7-9-17(16)22(27)29/h6-12,14H,5,13H2,1-4H3/t14-/m0/s1. The van der Waals surface area contributed by atoms with E-state index >= 15 is 0 Å². The minimum atomic E-state index is -3.63. The van der Waals surface area contributed by atoms with Gasteiger partial charge in [-0.25, -0.2) is 22.5 Å². The van der Waals surface area contributed by atoms with Gasteiger partial charge < -0.3 is 9.30 Å². The Morgan fingerprint density at radius 2 is 1.71 bits per heavy atom. The molecule has 10 nitrogen and oxygen atoms in total. The van der Waals surface area contributed by atoms with E-state index in [1.54, 1.807) is 34.9 Å². The maximum Gasteiger partial charge on any atom is 0.329 e. The lowest BCUT2D eigenvalue weighted by atomic mass is 10.1. The summed E-state index contributed by atoms with van der Waals surface area (Å²) in [4.78, 5) is 43.5. The molecule has 0 saturated heterocycles. The maximum atomic E-state index is 12.7. The number of sulfonamides is 1. The second kappa shape index (κ2) is 8.65. The summed E-state index contributed by atoms with van der Waals surface area (Å²) in [5.41, 5.74) is 1.65. The van der Waals surface area contributed by atoms with Gasteiger partial charge in [-0.2, -0.15) is 0 Å². The molecule has 2 aromatic carbocycles. The van der Waals surface area contributed by atoms with Crippen LogP contribution in [0.5, 0.6) is 0 Å². The summed E-state index contributed by atoms with van der Waals surface area (Å²) in [6.07, 6.45) is 0. The molecule has 2 heterocycles. The number of nitrogens with zero attached hydrogens (tertiary/aromatic N) is 4. The number of fused-ring (bicyclic) bond motifs is 2. The highest BCUT2D eigenvalue weighted by Crippen LogP contribution is 2.26. The molecule has 11 heteroatoms. The second-order valence-corrected chi connectivity index (χ2v) is 10.2. The first kappa shape index (κ1) is 23.6. The highest BCUT2D eigenvalue weighted by Gasteiger charge is 2.41. The van der Waals surface area contributed by atoms with E-state index in [0.29, 0.717) is 23.4 Å². The minimum Gasteiger partial charge on any atom is -0.456 e. The number of aromatic nitrogens is 2. The molecular weight excluding hydrogens is 460 g/mol. The molecule has 0 aliphatic carbocycles. The maximum absolute atomic E-state index is 12.7. The molecular formula is C23H24N4O6S. The van der Waals surface area contributed by atoms with Crippen LogP contribution >= 0.6 is 0 Å².